The van der Waals surface area contributed by atoms with Gasteiger partial charge in [0.1, 0.15) is 6.04 Å². The van der Waals surface area contributed by atoms with Crippen LogP contribution < -0.4 is 5.32 Å². The van der Waals surface area contributed by atoms with E-state index >= 15 is 0 Å². The summed E-state index contributed by atoms with van der Waals surface area (Å²) >= 11 is 0. The highest BCUT2D eigenvalue weighted by Gasteiger charge is 2.19. The minimum absolute atomic E-state index is 0.581. The lowest BCUT2D eigenvalue weighted by atomic mass is 9.86. The summed E-state index contributed by atoms with van der Waals surface area (Å²) in [6, 6.07) is 8.83. The molecule has 0 spiro atoms. The predicted molar refractivity (Wildman–Crippen MR) is 80.6 cm³/mol. The third-order valence-electron chi connectivity index (χ3n) is 4.24. The van der Waals surface area contributed by atoms with E-state index < -0.39 is 12.0 Å². The molecule has 0 radical (unpaired) electrons. The van der Waals surface area contributed by atoms with Gasteiger partial charge >= 0.3 is 5.97 Å². The van der Waals surface area contributed by atoms with Crippen LogP contribution in [-0.2, 0) is 4.79 Å². The second-order valence-electron chi connectivity index (χ2n) is 5.78. The summed E-state index contributed by atoms with van der Waals surface area (Å²) in [6.45, 7) is 0.780. The van der Waals surface area contributed by atoms with Crippen LogP contribution in [0.1, 0.15) is 56.6 Å². The molecule has 0 bridgehead atoms. The monoisotopic (exact) mass is 275 g/mol. The molecule has 110 valence electrons. The molecule has 0 aromatic heterocycles. The van der Waals surface area contributed by atoms with Crippen LogP contribution in [0.5, 0.6) is 0 Å². The molecule has 1 atom stereocenters. The minimum Gasteiger partial charge on any atom is -0.480 e. The molecule has 3 heteroatoms. The van der Waals surface area contributed by atoms with Gasteiger partial charge in [0.05, 0.1) is 0 Å². The van der Waals surface area contributed by atoms with Crippen LogP contribution in [-0.4, -0.2) is 17.6 Å². The van der Waals surface area contributed by atoms with Crippen molar-refractivity contribution in [2.45, 2.75) is 51.0 Å². The predicted octanol–water partition coefficient (Wildman–Crippen LogP) is 3.76. The number of carboxylic acid groups (broad SMARTS) is 1. The normalized spacial score (nSPS) is 17.8. The Kier molecular flexibility index (Phi) is 6.06. The largest absolute Gasteiger partial charge is 0.480 e. The molecule has 0 saturated heterocycles. The van der Waals surface area contributed by atoms with E-state index in [2.05, 4.69) is 5.32 Å². The van der Waals surface area contributed by atoms with Crippen molar-refractivity contribution in [3.8, 4) is 0 Å². The molecule has 1 aliphatic carbocycles. The second-order valence-corrected chi connectivity index (χ2v) is 5.78. The Morgan fingerprint density at radius 1 is 1.20 bits per heavy atom. The van der Waals surface area contributed by atoms with E-state index in [0.717, 1.165) is 24.4 Å². The number of aliphatic carboxylic acids is 1. The summed E-state index contributed by atoms with van der Waals surface area (Å²) < 4.78 is 0. The summed E-state index contributed by atoms with van der Waals surface area (Å²) in [7, 11) is 0. The fourth-order valence-corrected chi connectivity index (χ4v) is 3.11. The molecule has 20 heavy (non-hydrogen) atoms. The van der Waals surface area contributed by atoms with E-state index in [4.69, 9.17) is 0 Å². The van der Waals surface area contributed by atoms with Crippen molar-refractivity contribution in [2.24, 2.45) is 5.92 Å². The molecule has 1 fully saturated rings. The van der Waals surface area contributed by atoms with Gasteiger partial charge in [-0.05, 0) is 30.9 Å². The highest BCUT2D eigenvalue weighted by molar-refractivity contribution is 5.75. The zero-order valence-corrected chi connectivity index (χ0v) is 12.1. The maximum atomic E-state index is 11.3. The molecular formula is C17H25NO2. The van der Waals surface area contributed by atoms with Gasteiger partial charge in [-0.15, -0.1) is 0 Å². The number of rotatable bonds is 7. The molecule has 1 saturated carbocycles. The molecule has 0 unspecified atom stereocenters. The molecule has 3 nitrogen and oxygen atoms in total. The van der Waals surface area contributed by atoms with Gasteiger partial charge in [-0.2, -0.15) is 0 Å². The van der Waals surface area contributed by atoms with Crippen LogP contribution in [0, 0.1) is 5.92 Å². The van der Waals surface area contributed by atoms with Crippen molar-refractivity contribution >= 4 is 5.97 Å². The Labute approximate surface area is 121 Å². The van der Waals surface area contributed by atoms with Gasteiger partial charge in [0.2, 0.25) is 0 Å². The second kappa shape index (κ2) is 8.05. The summed E-state index contributed by atoms with van der Waals surface area (Å²) in [5.41, 5.74) is 0.831. The van der Waals surface area contributed by atoms with Crippen molar-refractivity contribution in [2.75, 3.05) is 6.54 Å². The van der Waals surface area contributed by atoms with Crippen molar-refractivity contribution in [3.05, 3.63) is 35.9 Å². The lowest BCUT2D eigenvalue weighted by Gasteiger charge is -2.22. The molecule has 0 aliphatic heterocycles. The van der Waals surface area contributed by atoms with Gasteiger partial charge in [-0.1, -0.05) is 62.4 Å². The Bertz CT molecular complexity index is 399. The average Bonchev–Trinajstić information content (AvgIpc) is 2.49. The van der Waals surface area contributed by atoms with E-state index in [-0.39, 0.29) is 0 Å². The number of carbonyl (C=O) groups is 1. The molecular weight excluding hydrogens is 250 g/mol. The van der Waals surface area contributed by atoms with Crippen LogP contribution >= 0.6 is 0 Å². The van der Waals surface area contributed by atoms with Crippen molar-refractivity contribution < 1.29 is 9.90 Å². The van der Waals surface area contributed by atoms with Crippen molar-refractivity contribution in [3.63, 3.8) is 0 Å². The maximum absolute atomic E-state index is 11.3. The lowest BCUT2D eigenvalue weighted by Crippen LogP contribution is -2.29. The van der Waals surface area contributed by atoms with Gasteiger partial charge in [0.25, 0.3) is 0 Å². The van der Waals surface area contributed by atoms with Crippen LogP contribution in [0.15, 0.2) is 30.3 Å². The lowest BCUT2D eigenvalue weighted by molar-refractivity contribution is -0.139. The molecule has 0 heterocycles. The highest BCUT2D eigenvalue weighted by atomic mass is 16.4. The number of hydrogen-bond acceptors (Lipinski definition) is 2. The van der Waals surface area contributed by atoms with Crippen LogP contribution in [0.3, 0.4) is 0 Å². The average molecular weight is 275 g/mol. The SMILES string of the molecule is O=C(O)[C@@H](NCCCC1CCCCC1)c1ccccc1. The first kappa shape index (κ1) is 15.0. The minimum atomic E-state index is -0.797. The summed E-state index contributed by atoms with van der Waals surface area (Å²) in [6.07, 6.45) is 9.17. The number of benzene rings is 1. The quantitative estimate of drug-likeness (QED) is 0.745. The maximum Gasteiger partial charge on any atom is 0.325 e. The van der Waals surface area contributed by atoms with Crippen LogP contribution in [0.2, 0.25) is 0 Å². The molecule has 1 aliphatic rings. The first-order valence-electron chi connectivity index (χ1n) is 7.78. The summed E-state index contributed by atoms with van der Waals surface area (Å²) in [5, 5.41) is 12.5. The molecule has 2 N–H and O–H groups in total. The van der Waals surface area contributed by atoms with Gasteiger partial charge < -0.3 is 10.4 Å². The zero-order chi connectivity index (χ0) is 14.2. The Morgan fingerprint density at radius 2 is 1.90 bits per heavy atom. The fourth-order valence-electron chi connectivity index (χ4n) is 3.11. The first-order chi connectivity index (χ1) is 9.77. The Morgan fingerprint density at radius 3 is 2.55 bits per heavy atom. The van der Waals surface area contributed by atoms with Crippen molar-refractivity contribution in [1.82, 2.24) is 5.32 Å². The number of nitrogens with one attached hydrogen (secondary N) is 1. The van der Waals surface area contributed by atoms with E-state index in [0.29, 0.717) is 0 Å². The van der Waals surface area contributed by atoms with Gasteiger partial charge in [0, 0.05) is 0 Å². The number of hydrogen-bond donors (Lipinski definition) is 2. The summed E-state index contributed by atoms with van der Waals surface area (Å²) in [5.74, 6) is 0.0689. The van der Waals surface area contributed by atoms with Gasteiger partial charge in [-0.25, -0.2) is 0 Å². The fraction of sp³-hybridized carbons (Fsp3) is 0.588. The smallest absolute Gasteiger partial charge is 0.325 e. The van der Waals surface area contributed by atoms with Crippen molar-refractivity contribution in [1.29, 1.82) is 0 Å². The Hall–Kier alpha value is -1.35. The Balaban J connectivity index is 1.74. The van der Waals surface area contributed by atoms with E-state index in [1.807, 2.05) is 30.3 Å². The van der Waals surface area contributed by atoms with E-state index in [1.165, 1.54) is 38.5 Å². The van der Waals surface area contributed by atoms with E-state index in [1.54, 1.807) is 0 Å². The number of carboxylic acids is 1. The van der Waals surface area contributed by atoms with Gasteiger partial charge in [-0.3, -0.25) is 4.79 Å². The summed E-state index contributed by atoms with van der Waals surface area (Å²) in [4.78, 5) is 11.3. The zero-order valence-electron chi connectivity index (χ0n) is 12.1. The van der Waals surface area contributed by atoms with Crippen LogP contribution in [0.25, 0.3) is 0 Å². The molecule has 1 aromatic carbocycles. The standard InChI is InChI=1S/C17H25NO2/c19-17(20)16(15-11-5-2-6-12-15)18-13-7-10-14-8-3-1-4-9-14/h2,5-6,11-12,14,16,18H,1,3-4,7-10,13H2,(H,19,20)/t16-/m0/s1. The molecule has 1 aromatic rings. The van der Waals surface area contributed by atoms with Crippen LogP contribution in [0.4, 0.5) is 0 Å². The molecule has 0 amide bonds. The first-order valence-corrected chi connectivity index (χ1v) is 7.78. The highest BCUT2D eigenvalue weighted by Crippen LogP contribution is 2.27. The third kappa shape index (κ3) is 4.64. The third-order valence-corrected chi connectivity index (χ3v) is 4.24. The molecule has 2 rings (SSSR count). The van der Waals surface area contributed by atoms with E-state index in [9.17, 15) is 9.90 Å². The van der Waals surface area contributed by atoms with Gasteiger partial charge in [0.15, 0.2) is 0 Å². The topological polar surface area (TPSA) is 49.3 Å².